The smallest absolute Gasteiger partial charge is 0.306 e. The number of carbonyl (C=O) groups excluding carboxylic acids is 2. The standard InChI is InChI=1S/C22H23NO3S/c1-26-20(24)13-14-27-22-18-11-5-4-10-17(18)21(25)23(22)19-12-6-8-15-7-2-3-9-16(15)19/h2-5,7,9-11,19,22H,6,8,12-14H2,1H3/t19-,22-/m1/s1. The fourth-order valence-electron chi connectivity index (χ4n) is 4.15. The van der Waals surface area contributed by atoms with E-state index in [1.54, 1.807) is 11.8 Å². The van der Waals surface area contributed by atoms with Crippen molar-refractivity contribution in [2.24, 2.45) is 0 Å². The Bertz CT molecular complexity index is 866. The van der Waals surface area contributed by atoms with Crippen LogP contribution in [0.3, 0.4) is 0 Å². The first-order valence-electron chi connectivity index (χ1n) is 9.38. The van der Waals surface area contributed by atoms with Crippen LogP contribution in [0.5, 0.6) is 0 Å². The molecule has 1 heterocycles. The Hall–Kier alpha value is -2.27. The molecule has 0 unspecified atom stereocenters. The Morgan fingerprint density at radius 2 is 1.89 bits per heavy atom. The molecule has 27 heavy (non-hydrogen) atoms. The Morgan fingerprint density at radius 1 is 1.15 bits per heavy atom. The van der Waals surface area contributed by atoms with E-state index in [9.17, 15) is 9.59 Å². The van der Waals surface area contributed by atoms with E-state index >= 15 is 0 Å². The van der Waals surface area contributed by atoms with Gasteiger partial charge in [-0.1, -0.05) is 42.5 Å². The van der Waals surface area contributed by atoms with Gasteiger partial charge in [0.25, 0.3) is 5.91 Å². The average molecular weight is 381 g/mol. The molecule has 1 aliphatic carbocycles. The van der Waals surface area contributed by atoms with Crippen molar-refractivity contribution >= 4 is 23.6 Å². The molecule has 0 N–H and O–H groups in total. The van der Waals surface area contributed by atoms with E-state index < -0.39 is 0 Å². The minimum absolute atomic E-state index is 0.0606. The van der Waals surface area contributed by atoms with Gasteiger partial charge in [0.2, 0.25) is 0 Å². The van der Waals surface area contributed by atoms with Gasteiger partial charge in [0.15, 0.2) is 0 Å². The van der Waals surface area contributed by atoms with Crippen LogP contribution in [0.2, 0.25) is 0 Å². The number of thioether (sulfide) groups is 1. The van der Waals surface area contributed by atoms with Crippen molar-refractivity contribution in [2.75, 3.05) is 12.9 Å². The third-order valence-corrected chi connectivity index (χ3v) is 6.66. The molecule has 5 heteroatoms. The summed E-state index contributed by atoms with van der Waals surface area (Å²) in [6.45, 7) is 0. The molecule has 2 aromatic rings. The van der Waals surface area contributed by atoms with Gasteiger partial charge >= 0.3 is 5.97 Å². The van der Waals surface area contributed by atoms with Crippen LogP contribution >= 0.6 is 11.8 Å². The Balaban J connectivity index is 1.66. The number of rotatable bonds is 5. The largest absolute Gasteiger partial charge is 0.469 e. The van der Waals surface area contributed by atoms with Gasteiger partial charge in [-0.15, -0.1) is 11.8 Å². The van der Waals surface area contributed by atoms with E-state index in [1.165, 1.54) is 18.2 Å². The molecular weight excluding hydrogens is 358 g/mol. The zero-order chi connectivity index (χ0) is 18.8. The fraction of sp³-hybridized carbons (Fsp3) is 0.364. The van der Waals surface area contributed by atoms with Gasteiger partial charge in [0, 0.05) is 11.3 Å². The highest BCUT2D eigenvalue weighted by Crippen LogP contribution is 2.48. The van der Waals surface area contributed by atoms with Crippen molar-refractivity contribution in [3.63, 3.8) is 0 Å². The minimum Gasteiger partial charge on any atom is -0.469 e. The molecule has 0 aromatic heterocycles. The summed E-state index contributed by atoms with van der Waals surface area (Å²) in [5.41, 5.74) is 4.45. The van der Waals surface area contributed by atoms with Gasteiger partial charge < -0.3 is 9.64 Å². The number of benzene rings is 2. The number of fused-ring (bicyclic) bond motifs is 2. The molecule has 1 amide bonds. The fourth-order valence-corrected chi connectivity index (χ4v) is 5.45. The van der Waals surface area contributed by atoms with E-state index in [4.69, 9.17) is 4.74 Å². The molecule has 2 atom stereocenters. The number of amides is 1. The first kappa shape index (κ1) is 18.1. The summed E-state index contributed by atoms with van der Waals surface area (Å²) in [5.74, 6) is 0.515. The number of aryl methyl sites for hydroxylation is 1. The second kappa shape index (κ2) is 7.77. The van der Waals surface area contributed by atoms with Gasteiger partial charge in [0.1, 0.15) is 5.37 Å². The summed E-state index contributed by atoms with van der Waals surface area (Å²) in [7, 11) is 1.41. The lowest BCUT2D eigenvalue weighted by atomic mass is 9.87. The van der Waals surface area contributed by atoms with Crippen LogP contribution in [-0.4, -0.2) is 29.6 Å². The number of methoxy groups -OCH3 is 1. The van der Waals surface area contributed by atoms with Crippen molar-refractivity contribution in [3.05, 3.63) is 70.8 Å². The molecule has 2 aliphatic rings. The molecule has 0 bridgehead atoms. The lowest BCUT2D eigenvalue weighted by Gasteiger charge is -2.37. The summed E-state index contributed by atoms with van der Waals surface area (Å²) < 4.78 is 4.76. The summed E-state index contributed by atoms with van der Waals surface area (Å²) >= 11 is 1.65. The van der Waals surface area contributed by atoms with E-state index in [-0.39, 0.29) is 23.3 Å². The van der Waals surface area contributed by atoms with Crippen LogP contribution in [0, 0.1) is 0 Å². The summed E-state index contributed by atoms with van der Waals surface area (Å²) in [6, 6.07) is 16.4. The van der Waals surface area contributed by atoms with Crippen LogP contribution in [0.1, 0.15) is 57.7 Å². The van der Waals surface area contributed by atoms with Gasteiger partial charge in [-0.05, 0) is 42.0 Å². The summed E-state index contributed by atoms with van der Waals surface area (Å²) in [4.78, 5) is 26.9. The van der Waals surface area contributed by atoms with E-state index in [0.717, 1.165) is 30.4 Å². The van der Waals surface area contributed by atoms with Gasteiger partial charge in [-0.2, -0.15) is 0 Å². The van der Waals surface area contributed by atoms with Crippen molar-refractivity contribution in [3.8, 4) is 0 Å². The number of hydrogen-bond donors (Lipinski definition) is 0. The Morgan fingerprint density at radius 3 is 2.70 bits per heavy atom. The number of esters is 1. The van der Waals surface area contributed by atoms with E-state index in [2.05, 4.69) is 24.3 Å². The van der Waals surface area contributed by atoms with Crippen molar-refractivity contribution in [2.45, 2.75) is 37.1 Å². The maximum absolute atomic E-state index is 13.3. The molecule has 0 radical (unpaired) electrons. The van der Waals surface area contributed by atoms with Crippen molar-refractivity contribution in [1.82, 2.24) is 4.90 Å². The van der Waals surface area contributed by atoms with E-state index in [0.29, 0.717) is 12.2 Å². The molecule has 4 rings (SSSR count). The second-order valence-corrected chi connectivity index (χ2v) is 8.14. The zero-order valence-electron chi connectivity index (χ0n) is 15.4. The number of carbonyl (C=O) groups is 2. The lowest BCUT2D eigenvalue weighted by Crippen LogP contribution is -2.33. The Kier molecular flexibility index (Phi) is 5.21. The van der Waals surface area contributed by atoms with Gasteiger partial charge in [0.05, 0.1) is 19.6 Å². The highest BCUT2D eigenvalue weighted by atomic mass is 32.2. The number of nitrogens with zero attached hydrogens (tertiary/aromatic N) is 1. The van der Waals surface area contributed by atoms with E-state index in [1.807, 2.05) is 29.2 Å². The summed E-state index contributed by atoms with van der Waals surface area (Å²) in [5, 5.41) is -0.0606. The SMILES string of the molecule is COC(=O)CCS[C@@H]1c2ccccc2C(=O)N1[C@@H]1CCCc2ccccc21. The molecule has 2 aromatic carbocycles. The van der Waals surface area contributed by atoms with Crippen LogP contribution in [0.25, 0.3) is 0 Å². The molecule has 0 fully saturated rings. The van der Waals surface area contributed by atoms with Crippen LogP contribution < -0.4 is 0 Å². The van der Waals surface area contributed by atoms with Crippen LogP contribution in [0.15, 0.2) is 48.5 Å². The molecule has 0 saturated heterocycles. The average Bonchev–Trinajstić information content (AvgIpc) is 2.99. The first-order chi connectivity index (χ1) is 13.2. The maximum Gasteiger partial charge on any atom is 0.306 e. The highest BCUT2D eigenvalue weighted by Gasteiger charge is 2.42. The highest BCUT2D eigenvalue weighted by molar-refractivity contribution is 7.99. The van der Waals surface area contributed by atoms with Crippen LogP contribution in [-0.2, 0) is 16.0 Å². The quantitative estimate of drug-likeness (QED) is 0.715. The Labute approximate surface area is 163 Å². The predicted molar refractivity (Wildman–Crippen MR) is 107 cm³/mol. The first-order valence-corrected chi connectivity index (χ1v) is 10.4. The van der Waals surface area contributed by atoms with Crippen molar-refractivity contribution in [1.29, 1.82) is 0 Å². The monoisotopic (exact) mass is 381 g/mol. The molecular formula is C22H23NO3S. The predicted octanol–water partition coefficient (Wildman–Crippen LogP) is 4.51. The normalized spacial score (nSPS) is 20.9. The second-order valence-electron chi connectivity index (χ2n) is 6.96. The molecule has 1 aliphatic heterocycles. The zero-order valence-corrected chi connectivity index (χ0v) is 16.2. The molecule has 4 nitrogen and oxygen atoms in total. The maximum atomic E-state index is 13.3. The third-order valence-electron chi connectivity index (χ3n) is 5.43. The topological polar surface area (TPSA) is 46.6 Å². The molecule has 140 valence electrons. The summed E-state index contributed by atoms with van der Waals surface area (Å²) in [6.07, 6.45) is 3.48. The van der Waals surface area contributed by atoms with Crippen LogP contribution in [0.4, 0.5) is 0 Å². The minimum atomic E-state index is -0.213. The molecule has 0 saturated carbocycles. The van der Waals surface area contributed by atoms with Gasteiger partial charge in [-0.25, -0.2) is 0 Å². The van der Waals surface area contributed by atoms with Gasteiger partial charge in [-0.3, -0.25) is 9.59 Å². The lowest BCUT2D eigenvalue weighted by molar-refractivity contribution is -0.140. The number of hydrogen-bond acceptors (Lipinski definition) is 4. The third kappa shape index (κ3) is 3.36. The number of ether oxygens (including phenoxy) is 1. The van der Waals surface area contributed by atoms with Crippen molar-refractivity contribution < 1.29 is 14.3 Å². The molecule has 0 spiro atoms.